The first-order valence-corrected chi connectivity index (χ1v) is 6.11. The fourth-order valence-electron chi connectivity index (χ4n) is 1.93. The van der Waals surface area contributed by atoms with Crippen molar-refractivity contribution < 1.29 is 4.79 Å². The third-order valence-corrected chi connectivity index (χ3v) is 3.18. The van der Waals surface area contributed by atoms with Gasteiger partial charge in [0.05, 0.1) is 5.69 Å². The molecule has 0 N–H and O–H groups in total. The van der Waals surface area contributed by atoms with Crippen LogP contribution in [0.15, 0.2) is 29.3 Å². The lowest BCUT2D eigenvalue weighted by Crippen LogP contribution is -2.36. The molecule has 0 aliphatic carbocycles. The summed E-state index contributed by atoms with van der Waals surface area (Å²) in [5.41, 5.74) is 2.01. The third-order valence-electron chi connectivity index (χ3n) is 3.18. The predicted molar refractivity (Wildman–Crippen MR) is 70.7 cm³/mol. The van der Waals surface area contributed by atoms with Gasteiger partial charge >= 0.3 is 0 Å². The second-order valence-corrected chi connectivity index (χ2v) is 4.55. The van der Waals surface area contributed by atoms with E-state index in [9.17, 15) is 4.79 Å². The summed E-state index contributed by atoms with van der Waals surface area (Å²) in [5, 5.41) is 0. The molecule has 0 fully saturated rings. The summed E-state index contributed by atoms with van der Waals surface area (Å²) in [6.45, 7) is 5.35. The highest BCUT2D eigenvalue weighted by atomic mass is 16.2. The Kier molecular flexibility index (Phi) is 3.57. The van der Waals surface area contributed by atoms with Crippen LogP contribution in [-0.2, 0) is 4.79 Å². The number of para-hydroxylation sites is 1. The normalized spacial score (nSPS) is 16.6. The summed E-state index contributed by atoms with van der Waals surface area (Å²) in [6, 6.07) is 7.94. The minimum absolute atomic E-state index is 0.0894. The summed E-state index contributed by atoms with van der Waals surface area (Å²) in [7, 11) is 0. The Morgan fingerprint density at radius 1 is 1.41 bits per heavy atom. The van der Waals surface area contributed by atoms with Gasteiger partial charge in [-0.05, 0) is 12.0 Å². The van der Waals surface area contributed by atoms with Gasteiger partial charge in [-0.1, -0.05) is 38.5 Å². The molecule has 0 radical (unpaired) electrons. The molecule has 2 rings (SSSR count). The van der Waals surface area contributed by atoms with E-state index in [4.69, 9.17) is 0 Å². The number of fused-ring (bicyclic) bond motifs is 1. The van der Waals surface area contributed by atoms with Crippen LogP contribution in [0.25, 0.3) is 0 Å². The Bertz CT molecular complexity index is 440. The summed E-state index contributed by atoms with van der Waals surface area (Å²) < 4.78 is 0. The van der Waals surface area contributed by atoms with Crippen LogP contribution in [0.3, 0.4) is 0 Å². The highest BCUT2D eigenvalue weighted by Gasteiger charge is 2.21. The van der Waals surface area contributed by atoms with Crippen LogP contribution in [-0.4, -0.2) is 25.2 Å². The van der Waals surface area contributed by atoms with E-state index < -0.39 is 0 Å². The molecule has 1 aromatic rings. The fraction of sp³-hybridized carbons (Fsp3) is 0.429. The number of anilines is 1. The SMILES string of the molecule is CCC(C)CN1C(=O)CN=Cc2ccccc21. The zero-order chi connectivity index (χ0) is 12.3. The van der Waals surface area contributed by atoms with E-state index in [0.29, 0.717) is 5.92 Å². The topological polar surface area (TPSA) is 32.7 Å². The third kappa shape index (κ3) is 2.54. The molecule has 90 valence electrons. The van der Waals surface area contributed by atoms with E-state index in [1.807, 2.05) is 29.2 Å². The molecule has 0 saturated carbocycles. The van der Waals surface area contributed by atoms with Crippen LogP contribution < -0.4 is 4.90 Å². The van der Waals surface area contributed by atoms with Crippen molar-refractivity contribution in [1.82, 2.24) is 0 Å². The summed E-state index contributed by atoms with van der Waals surface area (Å²) in [5.74, 6) is 0.594. The Morgan fingerprint density at radius 3 is 2.94 bits per heavy atom. The smallest absolute Gasteiger partial charge is 0.248 e. The molecule has 1 aliphatic rings. The van der Waals surface area contributed by atoms with E-state index in [-0.39, 0.29) is 12.5 Å². The first kappa shape index (κ1) is 11.8. The van der Waals surface area contributed by atoms with Gasteiger partial charge in [-0.3, -0.25) is 9.79 Å². The van der Waals surface area contributed by atoms with Crippen molar-refractivity contribution in [2.45, 2.75) is 20.3 Å². The maximum absolute atomic E-state index is 12.0. The number of amides is 1. The van der Waals surface area contributed by atoms with E-state index >= 15 is 0 Å². The zero-order valence-corrected chi connectivity index (χ0v) is 10.4. The molecule has 3 nitrogen and oxygen atoms in total. The van der Waals surface area contributed by atoms with Crippen molar-refractivity contribution in [2.75, 3.05) is 18.0 Å². The Balaban J connectivity index is 2.34. The number of carbonyl (C=O) groups is 1. The largest absolute Gasteiger partial charge is 0.310 e. The molecule has 1 aliphatic heterocycles. The van der Waals surface area contributed by atoms with Gasteiger partial charge in [0.15, 0.2) is 0 Å². The molecular formula is C14H18N2O. The molecule has 1 atom stereocenters. The number of carbonyl (C=O) groups excluding carboxylic acids is 1. The lowest BCUT2D eigenvalue weighted by atomic mass is 10.1. The van der Waals surface area contributed by atoms with Crippen molar-refractivity contribution in [3.8, 4) is 0 Å². The minimum atomic E-state index is 0.0894. The quantitative estimate of drug-likeness (QED) is 0.785. The van der Waals surface area contributed by atoms with E-state index in [1.165, 1.54) is 0 Å². The Morgan fingerprint density at radius 2 is 2.18 bits per heavy atom. The zero-order valence-electron chi connectivity index (χ0n) is 10.4. The molecule has 1 aromatic carbocycles. The summed E-state index contributed by atoms with van der Waals surface area (Å²) >= 11 is 0. The molecule has 0 aromatic heterocycles. The first-order valence-electron chi connectivity index (χ1n) is 6.11. The van der Waals surface area contributed by atoms with Gasteiger partial charge in [0.25, 0.3) is 0 Å². The van der Waals surface area contributed by atoms with Crippen LogP contribution in [0.2, 0.25) is 0 Å². The highest BCUT2D eigenvalue weighted by Crippen LogP contribution is 2.22. The molecule has 0 bridgehead atoms. The minimum Gasteiger partial charge on any atom is -0.310 e. The first-order chi connectivity index (χ1) is 8.22. The van der Waals surface area contributed by atoms with Gasteiger partial charge in [0.2, 0.25) is 5.91 Å². The van der Waals surface area contributed by atoms with E-state index in [2.05, 4.69) is 18.8 Å². The molecule has 1 amide bonds. The van der Waals surface area contributed by atoms with Crippen LogP contribution in [0.4, 0.5) is 5.69 Å². The van der Waals surface area contributed by atoms with E-state index in [1.54, 1.807) is 6.21 Å². The second kappa shape index (κ2) is 5.13. The second-order valence-electron chi connectivity index (χ2n) is 4.55. The number of aliphatic imine (C=N–C) groups is 1. The average molecular weight is 230 g/mol. The number of hydrogen-bond donors (Lipinski definition) is 0. The molecule has 0 spiro atoms. The van der Waals surface area contributed by atoms with Crippen molar-refractivity contribution in [3.63, 3.8) is 0 Å². The van der Waals surface area contributed by atoms with Crippen molar-refractivity contribution >= 4 is 17.8 Å². The van der Waals surface area contributed by atoms with Crippen molar-refractivity contribution in [2.24, 2.45) is 10.9 Å². The van der Waals surface area contributed by atoms with Gasteiger partial charge < -0.3 is 4.90 Å². The number of rotatable bonds is 3. The van der Waals surface area contributed by atoms with Gasteiger partial charge in [-0.25, -0.2) is 0 Å². The summed E-state index contributed by atoms with van der Waals surface area (Å²) in [6.07, 6.45) is 2.87. The average Bonchev–Trinajstić information content (AvgIpc) is 2.50. The molecule has 1 heterocycles. The molecule has 0 saturated heterocycles. The lowest BCUT2D eigenvalue weighted by Gasteiger charge is -2.25. The number of benzene rings is 1. The standard InChI is InChI=1S/C14H18N2O/c1-3-11(2)10-16-13-7-5-4-6-12(13)8-15-9-14(16)17/h4-8,11H,3,9-10H2,1-2H3. The van der Waals surface area contributed by atoms with Crippen LogP contribution in [0.1, 0.15) is 25.8 Å². The van der Waals surface area contributed by atoms with Gasteiger partial charge in [-0.15, -0.1) is 0 Å². The Hall–Kier alpha value is -1.64. The highest BCUT2D eigenvalue weighted by molar-refractivity contribution is 6.03. The molecule has 3 heteroatoms. The lowest BCUT2D eigenvalue weighted by molar-refractivity contribution is -0.117. The fourth-order valence-corrected chi connectivity index (χ4v) is 1.93. The van der Waals surface area contributed by atoms with Crippen LogP contribution in [0.5, 0.6) is 0 Å². The van der Waals surface area contributed by atoms with Crippen molar-refractivity contribution in [3.05, 3.63) is 29.8 Å². The predicted octanol–water partition coefficient (Wildman–Crippen LogP) is 2.50. The van der Waals surface area contributed by atoms with Crippen LogP contribution >= 0.6 is 0 Å². The number of nitrogens with zero attached hydrogens (tertiary/aromatic N) is 2. The Labute approximate surface area is 102 Å². The monoisotopic (exact) mass is 230 g/mol. The van der Waals surface area contributed by atoms with E-state index in [0.717, 1.165) is 24.2 Å². The van der Waals surface area contributed by atoms with Gasteiger partial charge in [-0.2, -0.15) is 0 Å². The molecule has 17 heavy (non-hydrogen) atoms. The van der Waals surface area contributed by atoms with Gasteiger partial charge in [0.1, 0.15) is 6.54 Å². The molecular weight excluding hydrogens is 212 g/mol. The van der Waals surface area contributed by atoms with Crippen molar-refractivity contribution in [1.29, 1.82) is 0 Å². The summed E-state index contributed by atoms with van der Waals surface area (Å²) in [4.78, 5) is 18.1. The molecule has 1 unspecified atom stereocenters. The number of hydrogen-bond acceptors (Lipinski definition) is 2. The maximum atomic E-state index is 12.0. The van der Waals surface area contributed by atoms with Crippen LogP contribution in [0, 0.1) is 5.92 Å². The maximum Gasteiger partial charge on any atom is 0.248 e. The van der Waals surface area contributed by atoms with Gasteiger partial charge in [0, 0.05) is 18.3 Å². The number of benzodiazepines with no additional fused rings is 1.